The molecule has 0 aliphatic rings. The second-order valence-electron chi connectivity index (χ2n) is 5.95. The number of carbonyl (C=O) groups excluding carboxylic acids is 2. The van der Waals surface area contributed by atoms with Crippen molar-refractivity contribution in [2.24, 2.45) is 5.73 Å². The zero-order chi connectivity index (χ0) is 20.1. The average molecular weight is 377 g/mol. The van der Waals surface area contributed by atoms with Gasteiger partial charge in [0, 0.05) is 35.9 Å². The fraction of sp³-hybridized carbons (Fsp3) is 0.0526. The summed E-state index contributed by atoms with van der Waals surface area (Å²) in [4.78, 5) is 31.4. The van der Waals surface area contributed by atoms with Crippen LogP contribution in [0.15, 0.2) is 54.7 Å². The lowest BCUT2D eigenvalue weighted by Crippen LogP contribution is -2.15. The third-order valence-corrected chi connectivity index (χ3v) is 3.67. The van der Waals surface area contributed by atoms with E-state index in [9.17, 15) is 9.59 Å². The van der Waals surface area contributed by atoms with E-state index in [2.05, 4.69) is 25.9 Å². The maximum absolute atomic E-state index is 11.7. The monoisotopic (exact) mass is 377 g/mol. The number of aromatic nitrogens is 2. The van der Waals surface area contributed by atoms with Crippen LogP contribution in [0.25, 0.3) is 0 Å². The minimum Gasteiger partial charge on any atom is -0.399 e. The lowest BCUT2D eigenvalue weighted by molar-refractivity contribution is -0.114. The number of primary amides is 1. The molecule has 0 radical (unpaired) electrons. The minimum absolute atomic E-state index is 0.148. The molecule has 2 amide bonds. The first-order valence-electron chi connectivity index (χ1n) is 8.35. The molecule has 1 aromatic heterocycles. The average Bonchev–Trinajstić information content (AvgIpc) is 2.63. The molecule has 142 valence electrons. The van der Waals surface area contributed by atoms with Crippen LogP contribution in [0.2, 0.25) is 0 Å². The molecule has 1 heterocycles. The number of anilines is 6. The SMILES string of the molecule is CC(=O)Nc1cccc(Nc2ncc(C(N)=O)c(Nc3ccc(N)cc3)n2)c1. The van der Waals surface area contributed by atoms with Crippen LogP contribution in [-0.2, 0) is 4.79 Å². The summed E-state index contributed by atoms with van der Waals surface area (Å²) in [6.45, 7) is 1.43. The van der Waals surface area contributed by atoms with Crippen molar-refractivity contribution in [1.29, 1.82) is 0 Å². The number of rotatable bonds is 6. The quantitative estimate of drug-likeness (QED) is 0.415. The molecule has 9 nitrogen and oxygen atoms in total. The Bertz CT molecular complexity index is 1020. The third-order valence-electron chi connectivity index (χ3n) is 3.67. The van der Waals surface area contributed by atoms with Crippen LogP contribution in [0.3, 0.4) is 0 Å². The molecule has 3 rings (SSSR count). The summed E-state index contributed by atoms with van der Waals surface area (Å²) in [5.74, 6) is -0.318. The summed E-state index contributed by atoms with van der Waals surface area (Å²) in [7, 11) is 0. The maximum Gasteiger partial charge on any atom is 0.254 e. The van der Waals surface area contributed by atoms with Gasteiger partial charge in [-0.05, 0) is 42.5 Å². The summed E-state index contributed by atoms with van der Waals surface area (Å²) in [5, 5.41) is 8.77. The molecule has 7 N–H and O–H groups in total. The van der Waals surface area contributed by atoms with Gasteiger partial charge in [0.05, 0.1) is 0 Å². The smallest absolute Gasteiger partial charge is 0.254 e. The summed E-state index contributed by atoms with van der Waals surface area (Å²) in [6.07, 6.45) is 1.34. The lowest BCUT2D eigenvalue weighted by atomic mass is 10.2. The number of nitrogens with zero attached hydrogens (tertiary/aromatic N) is 2. The van der Waals surface area contributed by atoms with E-state index in [1.807, 2.05) is 0 Å². The van der Waals surface area contributed by atoms with Gasteiger partial charge in [-0.2, -0.15) is 4.98 Å². The molecule has 28 heavy (non-hydrogen) atoms. The van der Waals surface area contributed by atoms with E-state index in [0.29, 0.717) is 22.7 Å². The van der Waals surface area contributed by atoms with Crippen molar-refractivity contribution >= 4 is 46.3 Å². The number of nitrogens with two attached hydrogens (primary N) is 2. The highest BCUT2D eigenvalue weighted by Crippen LogP contribution is 2.23. The Hall–Kier alpha value is -4.14. The molecule has 0 spiro atoms. The molecule has 0 fully saturated rings. The first-order chi connectivity index (χ1) is 13.4. The van der Waals surface area contributed by atoms with E-state index in [0.717, 1.165) is 0 Å². The van der Waals surface area contributed by atoms with Crippen molar-refractivity contribution in [3.8, 4) is 0 Å². The zero-order valence-corrected chi connectivity index (χ0v) is 15.1. The molecular formula is C19H19N7O2. The summed E-state index contributed by atoms with van der Waals surface area (Å²) in [6, 6.07) is 14.0. The summed E-state index contributed by atoms with van der Waals surface area (Å²) in [5.41, 5.74) is 13.9. The van der Waals surface area contributed by atoms with Crippen LogP contribution in [0.4, 0.5) is 34.5 Å². The fourth-order valence-electron chi connectivity index (χ4n) is 2.43. The van der Waals surface area contributed by atoms with E-state index < -0.39 is 5.91 Å². The van der Waals surface area contributed by atoms with Crippen LogP contribution in [0.5, 0.6) is 0 Å². The molecule has 9 heteroatoms. The van der Waals surface area contributed by atoms with Gasteiger partial charge in [0.25, 0.3) is 5.91 Å². The van der Waals surface area contributed by atoms with E-state index in [1.165, 1.54) is 13.1 Å². The number of carbonyl (C=O) groups is 2. The van der Waals surface area contributed by atoms with E-state index >= 15 is 0 Å². The number of amides is 2. The molecular weight excluding hydrogens is 358 g/mol. The van der Waals surface area contributed by atoms with Gasteiger partial charge in [0.15, 0.2) is 0 Å². The van der Waals surface area contributed by atoms with Gasteiger partial charge in [-0.15, -0.1) is 0 Å². The van der Waals surface area contributed by atoms with Crippen molar-refractivity contribution in [2.75, 3.05) is 21.7 Å². The summed E-state index contributed by atoms with van der Waals surface area (Å²) >= 11 is 0. The first-order valence-corrected chi connectivity index (χ1v) is 8.35. The molecule has 0 bridgehead atoms. The molecule has 0 saturated carbocycles. The Balaban J connectivity index is 1.87. The van der Waals surface area contributed by atoms with Crippen molar-refractivity contribution in [3.63, 3.8) is 0 Å². The van der Waals surface area contributed by atoms with E-state index in [-0.39, 0.29) is 23.2 Å². The van der Waals surface area contributed by atoms with Gasteiger partial charge in [-0.3, -0.25) is 9.59 Å². The van der Waals surface area contributed by atoms with E-state index in [4.69, 9.17) is 11.5 Å². The lowest BCUT2D eigenvalue weighted by Gasteiger charge is -2.12. The van der Waals surface area contributed by atoms with Crippen molar-refractivity contribution in [3.05, 3.63) is 60.3 Å². The molecule has 3 aromatic rings. The van der Waals surface area contributed by atoms with Crippen molar-refractivity contribution in [2.45, 2.75) is 6.92 Å². The topological polar surface area (TPSA) is 148 Å². The minimum atomic E-state index is -0.655. The highest BCUT2D eigenvalue weighted by atomic mass is 16.1. The second kappa shape index (κ2) is 8.04. The molecule has 0 unspecified atom stereocenters. The Morgan fingerprint density at radius 1 is 0.964 bits per heavy atom. The van der Waals surface area contributed by atoms with Crippen LogP contribution in [-0.4, -0.2) is 21.8 Å². The van der Waals surface area contributed by atoms with Gasteiger partial charge >= 0.3 is 0 Å². The Morgan fingerprint density at radius 3 is 2.36 bits per heavy atom. The van der Waals surface area contributed by atoms with Gasteiger partial charge in [-0.25, -0.2) is 4.98 Å². The standard InChI is InChI=1S/C19H19N7O2/c1-11(27)23-14-3-2-4-15(9-14)25-19-22-10-16(17(21)28)18(26-19)24-13-7-5-12(20)6-8-13/h2-10H,20H2,1H3,(H2,21,28)(H,23,27)(H2,22,24,25,26). The maximum atomic E-state index is 11.7. The predicted molar refractivity (Wildman–Crippen MR) is 109 cm³/mol. The molecule has 0 saturated heterocycles. The summed E-state index contributed by atoms with van der Waals surface area (Å²) < 4.78 is 0. The second-order valence-corrected chi connectivity index (χ2v) is 5.95. The zero-order valence-electron chi connectivity index (χ0n) is 15.1. The van der Waals surface area contributed by atoms with Gasteiger partial charge in [0.2, 0.25) is 11.9 Å². The Kier molecular flexibility index (Phi) is 5.35. The number of benzene rings is 2. The third kappa shape index (κ3) is 4.73. The Labute approximate surface area is 161 Å². The molecule has 2 aromatic carbocycles. The number of nitrogens with one attached hydrogen (secondary N) is 3. The van der Waals surface area contributed by atoms with Gasteiger partial charge in [0.1, 0.15) is 11.4 Å². The van der Waals surface area contributed by atoms with E-state index in [1.54, 1.807) is 48.5 Å². The molecule has 0 atom stereocenters. The first kappa shape index (κ1) is 18.6. The molecule has 0 aliphatic heterocycles. The molecule has 0 aliphatic carbocycles. The predicted octanol–water partition coefficient (Wildman–Crippen LogP) is 2.60. The largest absolute Gasteiger partial charge is 0.399 e. The normalized spacial score (nSPS) is 10.2. The van der Waals surface area contributed by atoms with Crippen molar-refractivity contribution < 1.29 is 9.59 Å². The number of hydrogen-bond acceptors (Lipinski definition) is 7. The van der Waals surface area contributed by atoms with Crippen LogP contribution in [0, 0.1) is 0 Å². The Morgan fingerprint density at radius 2 is 1.68 bits per heavy atom. The van der Waals surface area contributed by atoms with Crippen LogP contribution >= 0.6 is 0 Å². The number of nitrogen functional groups attached to an aromatic ring is 1. The van der Waals surface area contributed by atoms with Gasteiger partial charge in [-0.1, -0.05) is 6.07 Å². The van der Waals surface area contributed by atoms with Gasteiger partial charge < -0.3 is 27.4 Å². The van der Waals surface area contributed by atoms with Crippen LogP contribution < -0.4 is 27.4 Å². The highest BCUT2D eigenvalue weighted by Gasteiger charge is 2.13. The highest BCUT2D eigenvalue weighted by molar-refractivity contribution is 5.98. The number of hydrogen-bond donors (Lipinski definition) is 5. The van der Waals surface area contributed by atoms with Crippen molar-refractivity contribution in [1.82, 2.24) is 9.97 Å². The fourth-order valence-corrected chi connectivity index (χ4v) is 2.43. The van der Waals surface area contributed by atoms with Crippen LogP contribution in [0.1, 0.15) is 17.3 Å².